The molecule has 1 saturated carbocycles. The van der Waals surface area contributed by atoms with Crippen LogP contribution in [0.2, 0.25) is 0 Å². The van der Waals surface area contributed by atoms with E-state index in [0.29, 0.717) is 13.1 Å². The Labute approximate surface area is 168 Å². The van der Waals surface area contributed by atoms with Gasteiger partial charge >= 0.3 is 0 Å². The minimum atomic E-state index is 0.0343. The molecule has 1 atom stereocenters. The molecule has 0 spiro atoms. The molecule has 0 aromatic heterocycles. The molecule has 1 heterocycles. The summed E-state index contributed by atoms with van der Waals surface area (Å²) in [5, 5.41) is 3.05. The minimum Gasteiger partial charge on any atom is -0.376 e. The van der Waals surface area contributed by atoms with Crippen LogP contribution in [0.15, 0.2) is 30.3 Å². The lowest BCUT2D eigenvalue weighted by Gasteiger charge is -2.34. The first-order valence-electron chi connectivity index (χ1n) is 10.8. The summed E-state index contributed by atoms with van der Waals surface area (Å²) >= 11 is 0. The van der Waals surface area contributed by atoms with Crippen molar-refractivity contribution in [3.8, 4) is 0 Å². The zero-order chi connectivity index (χ0) is 19.9. The van der Waals surface area contributed by atoms with Crippen molar-refractivity contribution in [2.24, 2.45) is 11.8 Å². The zero-order valence-corrected chi connectivity index (χ0v) is 17.2. The van der Waals surface area contributed by atoms with Crippen LogP contribution in [0.25, 0.3) is 0 Å². The second-order valence-electron chi connectivity index (χ2n) is 8.47. The van der Waals surface area contributed by atoms with Crippen molar-refractivity contribution in [1.29, 1.82) is 0 Å². The van der Waals surface area contributed by atoms with E-state index in [1.165, 1.54) is 0 Å². The van der Waals surface area contributed by atoms with E-state index in [0.717, 1.165) is 50.7 Å². The van der Waals surface area contributed by atoms with Crippen LogP contribution in [-0.4, -0.2) is 42.0 Å². The Kier molecular flexibility index (Phi) is 7.49. The summed E-state index contributed by atoms with van der Waals surface area (Å²) in [5.74, 6) is 0.434. The summed E-state index contributed by atoms with van der Waals surface area (Å²) in [6, 6.07) is 10.3. The molecule has 3 rings (SSSR count). The van der Waals surface area contributed by atoms with Gasteiger partial charge in [0.15, 0.2) is 0 Å². The highest BCUT2D eigenvalue weighted by Gasteiger charge is 2.33. The summed E-state index contributed by atoms with van der Waals surface area (Å²) in [4.78, 5) is 27.6. The van der Waals surface area contributed by atoms with Crippen LogP contribution < -0.4 is 5.32 Å². The van der Waals surface area contributed by atoms with Gasteiger partial charge < -0.3 is 15.0 Å². The quantitative estimate of drug-likeness (QED) is 0.780. The molecule has 2 aliphatic rings. The number of nitrogens with zero attached hydrogens (tertiary/aromatic N) is 1. The van der Waals surface area contributed by atoms with E-state index in [4.69, 9.17) is 4.74 Å². The normalized spacial score (nSPS) is 24.9. The highest BCUT2D eigenvalue weighted by atomic mass is 16.5. The van der Waals surface area contributed by atoms with Crippen molar-refractivity contribution >= 4 is 11.8 Å². The summed E-state index contributed by atoms with van der Waals surface area (Å²) < 4.78 is 5.57. The van der Waals surface area contributed by atoms with E-state index in [-0.39, 0.29) is 35.8 Å². The minimum absolute atomic E-state index is 0.0343. The summed E-state index contributed by atoms with van der Waals surface area (Å²) in [6.45, 7) is 6.23. The van der Waals surface area contributed by atoms with Crippen LogP contribution >= 0.6 is 0 Å². The van der Waals surface area contributed by atoms with Crippen LogP contribution in [0, 0.1) is 11.8 Å². The van der Waals surface area contributed by atoms with Crippen LogP contribution in [0.1, 0.15) is 57.9 Å². The Hall–Kier alpha value is -1.88. The van der Waals surface area contributed by atoms with Gasteiger partial charge in [-0.25, -0.2) is 0 Å². The summed E-state index contributed by atoms with van der Waals surface area (Å²) in [7, 11) is 0. The molecule has 28 heavy (non-hydrogen) atoms. The molecule has 154 valence electrons. The van der Waals surface area contributed by atoms with Crippen LogP contribution in [0.5, 0.6) is 0 Å². The second-order valence-corrected chi connectivity index (χ2v) is 8.47. The largest absolute Gasteiger partial charge is 0.376 e. The molecule has 1 saturated heterocycles. The summed E-state index contributed by atoms with van der Waals surface area (Å²) in [6.07, 6.45) is 5.50. The van der Waals surface area contributed by atoms with E-state index >= 15 is 0 Å². The first-order chi connectivity index (χ1) is 13.5. The monoisotopic (exact) mass is 386 g/mol. The van der Waals surface area contributed by atoms with Gasteiger partial charge in [0, 0.05) is 37.6 Å². The molecule has 0 radical (unpaired) electrons. The van der Waals surface area contributed by atoms with E-state index in [1.807, 2.05) is 23.1 Å². The predicted molar refractivity (Wildman–Crippen MR) is 110 cm³/mol. The lowest BCUT2D eigenvalue weighted by Crippen LogP contribution is -2.43. The number of ether oxygens (including phenoxy) is 1. The van der Waals surface area contributed by atoms with Crippen molar-refractivity contribution in [3.63, 3.8) is 0 Å². The Morgan fingerprint density at radius 2 is 1.75 bits per heavy atom. The van der Waals surface area contributed by atoms with Crippen LogP contribution in [-0.2, 0) is 20.9 Å². The molecule has 5 nitrogen and oxygen atoms in total. The third-order valence-electron chi connectivity index (χ3n) is 6.08. The van der Waals surface area contributed by atoms with Gasteiger partial charge in [-0.05, 0) is 57.9 Å². The maximum absolute atomic E-state index is 13.1. The molecule has 1 aliphatic carbocycles. The Bertz CT molecular complexity index is 633. The smallest absolute Gasteiger partial charge is 0.226 e. The van der Waals surface area contributed by atoms with Crippen LogP contribution in [0.3, 0.4) is 0 Å². The van der Waals surface area contributed by atoms with Gasteiger partial charge in [-0.3, -0.25) is 9.59 Å². The first-order valence-corrected chi connectivity index (χ1v) is 10.8. The highest BCUT2D eigenvalue weighted by Crippen LogP contribution is 2.31. The van der Waals surface area contributed by atoms with Crippen molar-refractivity contribution < 1.29 is 14.3 Å². The third-order valence-corrected chi connectivity index (χ3v) is 6.08. The Morgan fingerprint density at radius 3 is 2.36 bits per heavy atom. The number of amides is 2. The number of carbonyl (C=O) groups is 2. The first kappa shape index (κ1) is 20.8. The fourth-order valence-corrected chi connectivity index (χ4v) is 4.30. The molecular formula is C23H34N2O3. The lowest BCUT2D eigenvalue weighted by molar-refractivity contribution is -0.140. The molecule has 2 amide bonds. The number of benzene rings is 1. The number of carbonyl (C=O) groups excluding carboxylic acids is 2. The van der Waals surface area contributed by atoms with Gasteiger partial charge in [-0.2, -0.15) is 0 Å². The maximum Gasteiger partial charge on any atom is 0.226 e. The van der Waals surface area contributed by atoms with Gasteiger partial charge in [0.2, 0.25) is 11.8 Å². The average molecular weight is 387 g/mol. The second kappa shape index (κ2) is 10.1. The number of hydrogen-bond acceptors (Lipinski definition) is 3. The predicted octanol–water partition coefficient (Wildman–Crippen LogP) is 3.53. The number of rotatable bonds is 7. The number of nitrogens with one attached hydrogen (secondary N) is 1. The van der Waals surface area contributed by atoms with Gasteiger partial charge in [-0.1, -0.05) is 30.3 Å². The van der Waals surface area contributed by atoms with Crippen molar-refractivity contribution in [3.05, 3.63) is 35.9 Å². The van der Waals surface area contributed by atoms with Gasteiger partial charge in [0.05, 0.1) is 6.10 Å². The Morgan fingerprint density at radius 1 is 1.07 bits per heavy atom. The van der Waals surface area contributed by atoms with Crippen molar-refractivity contribution in [2.75, 3.05) is 13.2 Å². The number of hydrogen-bond donors (Lipinski definition) is 1. The van der Waals surface area contributed by atoms with Gasteiger partial charge in [0.1, 0.15) is 0 Å². The average Bonchev–Trinajstić information content (AvgIpc) is 3.24. The molecule has 1 aromatic rings. The van der Waals surface area contributed by atoms with Crippen molar-refractivity contribution in [1.82, 2.24) is 10.2 Å². The van der Waals surface area contributed by atoms with E-state index in [2.05, 4.69) is 31.3 Å². The lowest BCUT2D eigenvalue weighted by atomic mass is 9.80. The van der Waals surface area contributed by atoms with E-state index < -0.39 is 0 Å². The van der Waals surface area contributed by atoms with E-state index in [1.54, 1.807) is 0 Å². The SMILES string of the molecule is CC(C)N(Cc1ccccc1)C(=O)C1CCC(C(=O)NCC2CCCO2)CC1. The molecule has 0 bridgehead atoms. The molecule has 1 aromatic carbocycles. The van der Waals surface area contributed by atoms with E-state index in [9.17, 15) is 9.59 Å². The zero-order valence-electron chi connectivity index (χ0n) is 17.2. The molecule has 2 fully saturated rings. The third kappa shape index (κ3) is 5.57. The fraction of sp³-hybridized carbons (Fsp3) is 0.652. The van der Waals surface area contributed by atoms with Gasteiger partial charge in [0.25, 0.3) is 0 Å². The van der Waals surface area contributed by atoms with Crippen molar-refractivity contribution in [2.45, 2.75) is 71.1 Å². The maximum atomic E-state index is 13.1. The molecule has 1 aliphatic heterocycles. The molecule has 5 heteroatoms. The topological polar surface area (TPSA) is 58.6 Å². The van der Waals surface area contributed by atoms with Crippen LogP contribution in [0.4, 0.5) is 0 Å². The standard InChI is InChI=1S/C23H34N2O3/c1-17(2)25(16-18-7-4-3-5-8-18)23(27)20-12-10-19(11-13-20)22(26)24-15-21-9-6-14-28-21/h3-5,7-8,17,19-21H,6,9-16H2,1-2H3,(H,24,26). The fourth-order valence-electron chi connectivity index (χ4n) is 4.30. The molecule has 1 N–H and O–H groups in total. The van der Waals surface area contributed by atoms with Gasteiger partial charge in [-0.15, -0.1) is 0 Å². The Balaban J connectivity index is 1.48. The highest BCUT2D eigenvalue weighted by molar-refractivity contribution is 5.81. The molecular weight excluding hydrogens is 352 g/mol. The summed E-state index contributed by atoms with van der Waals surface area (Å²) in [5.41, 5.74) is 1.16. The molecule has 1 unspecified atom stereocenters.